The van der Waals surface area contributed by atoms with Crippen LogP contribution in [0.5, 0.6) is 0 Å². The molecule has 0 fully saturated rings. The SMILES string of the molecule is C#C.C#C.CC(C)C.CCCC(CO)CC(C)C.CCCCNC(=O)c1cc2cc3c(nc2s1)CCCC3.c1ccccc1. The smallest absolute Gasteiger partial charge is 0.261 e. The average Bonchev–Trinajstić information content (AvgIpc) is 3.46. The molecule has 244 valence electrons. The van der Waals surface area contributed by atoms with Gasteiger partial charge in [0.2, 0.25) is 0 Å². The van der Waals surface area contributed by atoms with Crippen LogP contribution in [0.2, 0.25) is 0 Å². The largest absolute Gasteiger partial charge is 0.396 e. The number of benzene rings is 1. The molecule has 0 bridgehead atoms. The molecule has 0 saturated carbocycles. The molecular weight excluding hydrogens is 561 g/mol. The first kappa shape index (κ1) is 43.0. The van der Waals surface area contributed by atoms with E-state index >= 15 is 0 Å². The fourth-order valence-corrected chi connectivity index (χ4v) is 5.36. The molecule has 0 aliphatic heterocycles. The van der Waals surface area contributed by atoms with Crippen LogP contribution in [0.25, 0.3) is 10.2 Å². The number of hydrogen-bond donors (Lipinski definition) is 2. The number of aryl methyl sites for hydroxylation is 2. The summed E-state index contributed by atoms with van der Waals surface area (Å²) in [6, 6.07) is 16.2. The van der Waals surface area contributed by atoms with Gasteiger partial charge in [-0.3, -0.25) is 4.79 Å². The monoisotopic (exact) mass is 620 g/mol. The number of amides is 1. The zero-order valence-corrected chi connectivity index (χ0v) is 29.5. The number of aliphatic hydroxyl groups is 1. The fraction of sp³-hybridized carbons (Fsp3) is 0.538. The number of carbonyl (C=O) groups excluding carboxylic acids is 1. The van der Waals surface area contributed by atoms with Crippen LogP contribution < -0.4 is 5.32 Å². The van der Waals surface area contributed by atoms with Crippen molar-refractivity contribution in [2.24, 2.45) is 17.8 Å². The van der Waals surface area contributed by atoms with E-state index in [4.69, 9.17) is 10.1 Å². The van der Waals surface area contributed by atoms with Crippen LogP contribution in [-0.2, 0) is 12.8 Å². The summed E-state index contributed by atoms with van der Waals surface area (Å²) in [5, 5.41) is 13.0. The Kier molecular flexibility index (Phi) is 28.0. The molecule has 4 nitrogen and oxygen atoms in total. The molecule has 0 saturated heterocycles. The van der Waals surface area contributed by atoms with Crippen LogP contribution in [0, 0.1) is 43.4 Å². The zero-order valence-electron chi connectivity index (χ0n) is 28.6. The fourth-order valence-electron chi connectivity index (χ4n) is 4.41. The summed E-state index contributed by atoms with van der Waals surface area (Å²) in [5.74, 6) is 2.15. The van der Waals surface area contributed by atoms with Gasteiger partial charge in [-0.1, -0.05) is 97.7 Å². The van der Waals surface area contributed by atoms with E-state index in [2.05, 4.69) is 85.5 Å². The lowest BCUT2D eigenvalue weighted by Gasteiger charge is -2.14. The highest BCUT2D eigenvalue weighted by atomic mass is 32.1. The standard InChI is InChI=1S/C16H20N2OS.C9H20O.C6H6.C4H10.2C2H2/c1-2-3-8-17-15(19)14-10-12-9-11-6-4-5-7-13(11)18-16(12)20-14;1-4-5-9(7-10)6-8(2)3;1-2-4-6-5-3-1;1-4(2)3;2*1-2/h9-10H,2-8H2,1H3,(H,17,19);8-10H,4-7H2,1-3H3;1-6H;4H,1-3H3;2*1-2H. The molecule has 0 radical (unpaired) electrons. The highest BCUT2D eigenvalue weighted by molar-refractivity contribution is 7.20. The second kappa shape index (κ2) is 28.6. The first-order chi connectivity index (χ1) is 21.2. The van der Waals surface area contributed by atoms with Crippen molar-refractivity contribution in [2.45, 2.75) is 106 Å². The van der Waals surface area contributed by atoms with Crippen LogP contribution in [0.3, 0.4) is 0 Å². The molecule has 3 aromatic rings. The molecule has 44 heavy (non-hydrogen) atoms. The van der Waals surface area contributed by atoms with E-state index in [9.17, 15) is 4.79 Å². The number of pyridine rings is 1. The first-order valence-corrected chi connectivity index (χ1v) is 17.0. The molecule has 0 spiro atoms. The van der Waals surface area contributed by atoms with Gasteiger partial charge >= 0.3 is 0 Å². The molecule has 2 aromatic heterocycles. The maximum absolute atomic E-state index is 12.1. The van der Waals surface area contributed by atoms with Crippen LogP contribution in [-0.4, -0.2) is 29.1 Å². The number of nitrogens with one attached hydrogen (secondary N) is 1. The molecular formula is C39H60N2O2S. The minimum Gasteiger partial charge on any atom is -0.396 e. The van der Waals surface area contributed by atoms with Gasteiger partial charge in [-0.05, 0) is 80.4 Å². The molecule has 1 amide bonds. The number of carbonyl (C=O) groups is 1. The molecule has 2 N–H and O–H groups in total. The summed E-state index contributed by atoms with van der Waals surface area (Å²) in [7, 11) is 0. The lowest BCUT2D eigenvalue weighted by Crippen LogP contribution is -2.23. The molecule has 5 heteroatoms. The number of unbranched alkanes of at least 4 members (excludes halogenated alkanes) is 1. The van der Waals surface area contributed by atoms with Gasteiger partial charge in [0.1, 0.15) is 4.83 Å². The number of aromatic nitrogens is 1. The number of hydrogen-bond acceptors (Lipinski definition) is 4. The van der Waals surface area contributed by atoms with E-state index < -0.39 is 0 Å². The third kappa shape index (κ3) is 20.7. The summed E-state index contributed by atoms with van der Waals surface area (Å²) in [5.41, 5.74) is 2.61. The van der Waals surface area contributed by atoms with Crippen molar-refractivity contribution in [3.05, 3.63) is 64.7 Å². The minimum absolute atomic E-state index is 0.0411. The Morgan fingerprint density at radius 1 is 0.909 bits per heavy atom. The number of aliphatic hydroxyl groups excluding tert-OH is 1. The van der Waals surface area contributed by atoms with Crippen molar-refractivity contribution < 1.29 is 9.90 Å². The zero-order chi connectivity index (χ0) is 33.8. The van der Waals surface area contributed by atoms with Gasteiger partial charge in [0.25, 0.3) is 5.91 Å². The second-order valence-corrected chi connectivity index (χ2v) is 12.8. The van der Waals surface area contributed by atoms with Gasteiger partial charge in [0, 0.05) is 24.2 Å². The van der Waals surface area contributed by atoms with E-state index in [-0.39, 0.29) is 5.91 Å². The topological polar surface area (TPSA) is 62.2 Å². The lowest BCUT2D eigenvalue weighted by molar-refractivity contribution is 0.0957. The summed E-state index contributed by atoms with van der Waals surface area (Å²) in [6.07, 6.45) is 26.4. The lowest BCUT2D eigenvalue weighted by atomic mass is 9.94. The summed E-state index contributed by atoms with van der Waals surface area (Å²) < 4.78 is 0. The number of fused-ring (bicyclic) bond motifs is 2. The van der Waals surface area contributed by atoms with E-state index in [1.165, 1.54) is 54.7 Å². The molecule has 2 heterocycles. The van der Waals surface area contributed by atoms with E-state index in [1.807, 2.05) is 42.5 Å². The van der Waals surface area contributed by atoms with Gasteiger partial charge < -0.3 is 10.4 Å². The Bertz CT molecular complexity index is 1050. The Morgan fingerprint density at radius 3 is 1.93 bits per heavy atom. The highest BCUT2D eigenvalue weighted by Gasteiger charge is 2.15. The number of nitrogens with zero attached hydrogens (tertiary/aromatic N) is 1. The quantitative estimate of drug-likeness (QED) is 0.185. The summed E-state index contributed by atoms with van der Waals surface area (Å²) in [6.45, 7) is 16.3. The molecule has 1 atom stereocenters. The number of thiophene rings is 1. The van der Waals surface area contributed by atoms with Crippen LogP contribution >= 0.6 is 11.3 Å². The normalized spacial score (nSPS) is 11.7. The molecule has 1 aliphatic rings. The predicted molar refractivity (Wildman–Crippen MR) is 195 cm³/mol. The van der Waals surface area contributed by atoms with E-state index in [0.29, 0.717) is 12.5 Å². The number of rotatable bonds is 9. The molecule has 1 aromatic carbocycles. The highest BCUT2D eigenvalue weighted by Crippen LogP contribution is 2.29. The van der Waals surface area contributed by atoms with Crippen molar-refractivity contribution >= 4 is 27.5 Å². The third-order valence-corrected chi connectivity index (χ3v) is 7.30. The maximum Gasteiger partial charge on any atom is 0.261 e. The Morgan fingerprint density at radius 2 is 1.45 bits per heavy atom. The van der Waals surface area contributed by atoms with Crippen LogP contribution in [0.1, 0.15) is 114 Å². The third-order valence-electron chi connectivity index (χ3n) is 6.25. The first-order valence-electron chi connectivity index (χ1n) is 16.2. The van der Waals surface area contributed by atoms with Gasteiger partial charge in [0.15, 0.2) is 0 Å². The molecule has 4 rings (SSSR count). The molecule has 1 unspecified atom stereocenters. The van der Waals surface area contributed by atoms with Gasteiger partial charge in [-0.2, -0.15) is 0 Å². The van der Waals surface area contributed by atoms with Gasteiger partial charge in [0.05, 0.1) is 4.88 Å². The molecule has 1 aliphatic carbocycles. The van der Waals surface area contributed by atoms with Crippen molar-refractivity contribution in [3.8, 4) is 25.7 Å². The minimum atomic E-state index is 0.0411. The predicted octanol–water partition coefficient (Wildman–Crippen LogP) is 9.99. The summed E-state index contributed by atoms with van der Waals surface area (Å²) in [4.78, 5) is 18.6. The van der Waals surface area contributed by atoms with Crippen LogP contribution in [0.4, 0.5) is 0 Å². The van der Waals surface area contributed by atoms with Crippen molar-refractivity contribution in [3.63, 3.8) is 0 Å². The Labute approximate surface area is 274 Å². The van der Waals surface area contributed by atoms with Crippen molar-refractivity contribution in [2.75, 3.05) is 13.2 Å². The van der Waals surface area contributed by atoms with Crippen molar-refractivity contribution in [1.29, 1.82) is 0 Å². The summed E-state index contributed by atoms with van der Waals surface area (Å²) >= 11 is 1.51. The van der Waals surface area contributed by atoms with Crippen molar-refractivity contribution in [1.82, 2.24) is 10.3 Å². The second-order valence-electron chi connectivity index (χ2n) is 11.8. The number of terminal acetylenes is 2. The maximum atomic E-state index is 12.1. The van der Waals surface area contributed by atoms with Gasteiger partial charge in [-0.15, -0.1) is 37.0 Å². The Hall–Kier alpha value is -3.12. The van der Waals surface area contributed by atoms with Gasteiger partial charge in [-0.25, -0.2) is 4.98 Å². The van der Waals surface area contributed by atoms with E-state index in [0.717, 1.165) is 59.2 Å². The van der Waals surface area contributed by atoms with E-state index in [1.54, 1.807) is 0 Å². The van der Waals surface area contributed by atoms with Crippen LogP contribution in [0.15, 0.2) is 48.5 Å². The Balaban J connectivity index is 0. The average molecular weight is 621 g/mol.